The summed E-state index contributed by atoms with van der Waals surface area (Å²) < 4.78 is 106. The molecule has 6 aromatic heterocycles. The number of hydrogen-bond donors (Lipinski definition) is 4. The zero-order valence-electron chi connectivity index (χ0n) is 57.1. The number of ether oxygens (including phenoxy) is 6. The van der Waals surface area contributed by atoms with Crippen LogP contribution in [0.2, 0.25) is 0 Å². The molecule has 0 bridgehead atoms. The quantitative estimate of drug-likeness (QED) is 0.00443. The molecule has 0 aliphatic carbocycles. The molecule has 5 N–H and O–H groups in total. The van der Waals surface area contributed by atoms with Crippen LogP contribution < -0.4 is 148 Å². The van der Waals surface area contributed by atoms with Crippen molar-refractivity contribution in [3.05, 3.63) is 203 Å². The van der Waals surface area contributed by atoms with Gasteiger partial charge >= 0.3 is 115 Å². The van der Waals surface area contributed by atoms with E-state index in [0.717, 1.165) is 55.2 Å². The number of fused-ring (bicyclic) bond motifs is 4. The number of benzene rings is 6. The van der Waals surface area contributed by atoms with Crippen molar-refractivity contribution in [1.82, 2.24) is 39.0 Å². The van der Waals surface area contributed by atoms with Gasteiger partial charge in [0.1, 0.15) is 22.8 Å². The van der Waals surface area contributed by atoms with Crippen molar-refractivity contribution in [2.24, 2.45) is 0 Å². The average Bonchev–Trinajstić information content (AvgIpc) is 1.10. The largest absolute Gasteiger partial charge is 1.00 e. The standard InChI is InChI=1S/C35H30F3N5O4S.C27H25N5O3S.C8H6BrF3O.CH2O3.2K.H/c1-45-31-17-26-28(18-32(31)46-2)42-34(48-20-21-7-10-25(11-8-21)47-35(36,37)38)43(33(26)39)14-4-6-30(44)29-16-24-15-22(9-12-27(24)41-29)23-5-3-13-40-19-23;1-34-24-13-19-21(14-25(24)35-2)31-27(36)32(26(19)28)10-4-6-23(33)22-12-18-11-16(7-8-20(18)30-22)17-5-3-9-29-15-17;9-5-6-1-3-7(4-2-6)13-8(10,11)12;2-1-4-3;;;/h3,5,7-13,15-19,39,41H,4,6,14,20H2,1-2H3;3,5,7-9,11-15,30H,4,6,10,28H2,1-2H3;1-4H,5H2;1,3H;;;/q;;;;2*+1;-1/p-1. The Hall–Kier alpha value is -7.55. The van der Waals surface area contributed by atoms with Gasteiger partial charge in [-0.05, 0) is 132 Å². The molecular formula is C71H63BrF6K2N10O11S2. The van der Waals surface area contributed by atoms with Crippen molar-refractivity contribution in [2.75, 3.05) is 34.2 Å². The average molecular weight is 1570 g/mol. The number of carbonyl (C=O) groups excluding carboxylic acids is 3. The molecule has 103 heavy (non-hydrogen) atoms. The van der Waals surface area contributed by atoms with Crippen LogP contribution in [0.3, 0.4) is 0 Å². The van der Waals surface area contributed by atoms with Gasteiger partial charge in [-0.15, -0.1) is 26.3 Å². The number of methoxy groups -OCH3 is 4. The molecule has 0 aliphatic rings. The molecule has 32 heteroatoms. The van der Waals surface area contributed by atoms with Gasteiger partial charge < -0.3 is 64.8 Å². The molecule has 6 aromatic carbocycles. The first-order valence-corrected chi connectivity index (χ1v) is 32.9. The summed E-state index contributed by atoms with van der Waals surface area (Å²) in [5.41, 5.74) is 16.3. The first-order valence-electron chi connectivity index (χ1n) is 30.4. The Morgan fingerprint density at radius 2 is 1.06 bits per heavy atom. The van der Waals surface area contributed by atoms with Crippen LogP contribution in [0.5, 0.6) is 34.5 Å². The monoisotopic (exact) mass is 1570 g/mol. The van der Waals surface area contributed by atoms with E-state index in [1.54, 1.807) is 90.5 Å². The Morgan fingerprint density at radius 1 is 0.621 bits per heavy atom. The summed E-state index contributed by atoms with van der Waals surface area (Å²) in [6.45, 7) is 0.618. The minimum absolute atomic E-state index is 0. The smallest absolute Gasteiger partial charge is 1.00 e. The van der Waals surface area contributed by atoms with E-state index in [9.17, 15) is 35.9 Å². The number of nitrogens with one attached hydrogen (secondary N) is 3. The van der Waals surface area contributed by atoms with E-state index in [2.05, 4.69) is 61.3 Å². The number of rotatable bonds is 23. The van der Waals surface area contributed by atoms with Gasteiger partial charge in [-0.3, -0.25) is 29.8 Å². The molecule has 6 heterocycles. The van der Waals surface area contributed by atoms with Gasteiger partial charge in [0, 0.05) is 118 Å². The van der Waals surface area contributed by atoms with E-state index < -0.39 is 12.7 Å². The number of nitrogen functional groups attached to an aromatic ring is 1. The minimum Gasteiger partial charge on any atom is -1.00 e. The molecule has 0 unspecified atom stereocenters. The fourth-order valence-electron chi connectivity index (χ4n) is 10.4. The zero-order chi connectivity index (χ0) is 72.4. The number of hydrogen-bond acceptors (Lipinski definition) is 19. The normalized spacial score (nSPS) is 11.0. The molecule has 21 nitrogen and oxygen atoms in total. The summed E-state index contributed by atoms with van der Waals surface area (Å²) in [6, 6.07) is 41.8. The van der Waals surface area contributed by atoms with Crippen molar-refractivity contribution < 1.29 is 183 Å². The van der Waals surface area contributed by atoms with Crippen LogP contribution in [0.15, 0.2) is 176 Å². The number of Topliss-reactive ketones (excluding diaryl/α,β-unsaturated/α-hetero) is 2. The van der Waals surface area contributed by atoms with Gasteiger partial charge in [0.2, 0.25) is 4.77 Å². The van der Waals surface area contributed by atoms with Crippen molar-refractivity contribution in [1.29, 1.82) is 5.41 Å². The Morgan fingerprint density at radius 3 is 1.49 bits per heavy atom. The fourth-order valence-corrected chi connectivity index (χ4v) is 12.1. The second-order valence-corrected chi connectivity index (χ2v) is 23.6. The maximum Gasteiger partial charge on any atom is 1.00 e. The van der Waals surface area contributed by atoms with E-state index >= 15 is 0 Å². The Kier molecular flexibility index (Phi) is 31.3. The van der Waals surface area contributed by atoms with Crippen LogP contribution in [-0.4, -0.2) is 98.2 Å². The van der Waals surface area contributed by atoms with Crippen LogP contribution in [0.1, 0.15) is 59.2 Å². The number of pyridine rings is 2. The van der Waals surface area contributed by atoms with E-state index in [0.29, 0.717) is 115 Å². The van der Waals surface area contributed by atoms with Crippen LogP contribution in [0.25, 0.3) is 65.9 Å². The molecule has 0 saturated carbocycles. The van der Waals surface area contributed by atoms with Gasteiger partial charge in [0.15, 0.2) is 39.7 Å². The SMILES string of the molecule is COc1cc2nc(=S)n(CCCC(=O)c3cc4cc(-c5cccnc5)ccc4[nH]3)c(N)c2cc1OC.COc1cc2nc(SCc3ccc(OC(F)(F)F)cc3)n(CCCC(=O)c3cc4cc(-c5cccnc5)ccc4[nH]3)c(=N)c2cc1OC.FC(F)(F)Oc1ccc(CBr)cc1.O=CO[O-].[H-].[K+].[K+]. The number of anilines is 1. The number of aromatic nitrogens is 8. The fraction of sp³-hybridized carbons (Fsp3) is 0.197. The van der Waals surface area contributed by atoms with Crippen LogP contribution in [0.4, 0.5) is 32.2 Å². The van der Waals surface area contributed by atoms with Crippen LogP contribution in [-0.2, 0) is 33.9 Å². The number of ketones is 2. The molecule has 0 radical (unpaired) electrons. The minimum atomic E-state index is -4.77. The number of halogens is 7. The van der Waals surface area contributed by atoms with E-state index in [-0.39, 0.29) is 146 Å². The predicted octanol–water partition coefficient (Wildman–Crippen LogP) is 9.54. The van der Waals surface area contributed by atoms with Gasteiger partial charge in [0.05, 0.1) is 50.9 Å². The molecule has 526 valence electrons. The van der Waals surface area contributed by atoms with Crippen LogP contribution in [0, 0.1) is 10.2 Å². The van der Waals surface area contributed by atoms with Crippen LogP contribution >= 0.6 is 39.9 Å². The van der Waals surface area contributed by atoms with Gasteiger partial charge in [0.25, 0.3) is 6.47 Å². The number of carbonyl (C=O) groups is 3. The van der Waals surface area contributed by atoms with Gasteiger partial charge in [-0.1, -0.05) is 76.2 Å². The van der Waals surface area contributed by atoms with E-state index in [1.807, 2.05) is 72.9 Å². The summed E-state index contributed by atoms with van der Waals surface area (Å²) in [4.78, 5) is 61.6. The second kappa shape index (κ2) is 39.0. The summed E-state index contributed by atoms with van der Waals surface area (Å²) in [5, 5.41) is 21.8. The third-order valence-electron chi connectivity index (χ3n) is 15.3. The number of thioether (sulfide) groups is 1. The molecule has 0 aliphatic heterocycles. The van der Waals surface area contributed by atoms with Crippen molar-refractivity contribution in [3.8, 4) is 56.8 Å². The summed E-state index contributed by atoms with van der Waals surface area (Å²) in [7, 11) is 6.16. The third-order valence-corrected chi connectivity index (χ3v) is 17.3. The summed E-state index contributed by atoms with van der Waals surface area (Å²) >= 11 is 9.99. The van der Waals surface area contributed by atoms with Crippen molar-refractivity contribution >= 4 is 107 Å². The summed E-state index contributed by atoms with van der Waals surface area (Å²) in [6.07, 6.45) is -0.737. The topological polar surface area (TPSA) is 282 Å². The molecule has 0 amide bonds. The number of nitrogens with zero attached hydrogens (tertiary/aromatic N) is 6. The van der Waals surface area contributed by atoms with Gasteiger partial charge in [-0.25, -0.2) is 9.97 Å². The Bertz CT molecular complexity index is 5010. The maximum absolute atomic E-state index is 13.3. The molecule has 0 fully saturated rings. The number of alkyl halides is 7. The number of H-pyrrole nitrogens is 2. The third kappa shape index (κ3) is 22.7. The predicted molar refractivity (Wildman–Crippen MR) is 374 cm³/mol. The Balaban J connectivity index is 0.000000266. The molecule has 0 atom stereocenters. The zero-order valence-corrected chi connectivity index (χ0v) is 65.6. The Labute approximate surface area is 689 Å². The van der Waals surface area contributed by atoms with Gasteiger partial charge in [-0.2, -0.15) is 0 Å². The first kappa shape index (κ1) is 82.7. The summed E-state index contributed by atoms with van der Waals surface area (Å²) in [5.74, 6) is 2.34. The molecule has 0 saturated heterocycles. The van der Waals surface area contributed by atoms with E-state index in [1.165, 1.54) is 50.2 Å². The van der Waals surface area contributed by atoms with E-state index in [4.69, 9.17) is 57.3 Å². The molecule has 12 aromatic rings. The molecule has 0 spiro atoms. The van der Waals surface area contributed by atoms with Crippen molar-refractivity contribution in [3.63, 3.8) is 0 Å². The second-order valence-electron chi connectivity index (χ2n) is 21.8. The maximum atomic E-state index is 13.3. The number of nitrogens with two attached hydrogens (primary N) is 1. The van der Waals surface area contributed by atoms with Crippen molar-refractivity contribution in [2.45, 2.75) is 67.7 Å². The molecule has 12 rings (SSSR count). The number of aromatic amines is 2. The molecular weight excluding hydrogens is 1510 g/mol. The first-order chi connectivity index (χ1) is 48.5.